The van der Waals surface area contributed by atoms with Crippen LogP contribution in [0.15, 0.2) is 12.5 Å². The second-order valence-corrected chi connectivity index (χ2v) is 6.78. The van der Waals surface area contributed by atoms with Gasteiger partial charge in [0, 0.05) is 25.2 Å². The Balaban J connectivity index is 1.60. The zero-order valence-corrected chi connectivity index (χ0v) is 11.0. The molecule has 5 rings (SSSR count). The van der Waals surface area contributed by atoms with E-state index in [9.17, 15) is 0 Å². The van der Waals surface area contributed by atoms with E-state index in [4.69, 9.17) is 5.73 Å². The van der Waals surface area contributed by atoms with Gasteiger partial charge in [-0.1, -0.05) is 0 Å². The standard InChI is InChI=1S/C15H23N3/c16-1-2-18-8-14(17-9-18)15-12-4-10-3-11(6-12)7-13(15)5-10/h8-13,15H,1-7,16H2. The lowest BCUT2D eigenvalue weighted by Gasteiger charge is -2.54. The zero-order chi connectivity index (χ0) is 12.1. The Morgan fingerprint density at radius 3 is 2.39 bits per heavy atom. The third kappa shape index (κ3) is 1.63. The van der Waals surface area contributed by atoms with Gasteiger partial charge >= 0.3 is 0 Å². The summed E-state index contributed by atoms with van der Waals surface area (Å²) in [5, 5.41) is 0. The molecule has 4 fully saturated rings. The Kier molecular flexibility index (Phi) is 2.51. The molecule has 0 spiro atoms. The van der Waals surface area contributed by atoms with Crippen LogP contribution in [0.2, 0.25) is 0 Å². The van der Waals surface area contributed by atoms with Crippen molar-refractivity contribution in [3.05, 3.63) is 18.2 Å². The Morgan fingerprint density at radius 1 is 1.11 bits per heavy atom. The summed E-state index contributed by atoms with van der Waals surface area (Å²) in [6, 6.07) is 0. The summed E-state index contributed by atoms with van der Waals surface area (Å²) in [6.07, 6.45) is 11.7. The molecule has 1 heterocycles. The zero-order valence-electron chi connectivity index (χ0n) is 11.0. The van der Waals surface area contributed by atoms with E-state index >= 15 is 0 Å². The van der Waals surface area contributed by atoms with Crippen LogP contribution >= 0.6 is 0 Å². The molecule has 3 heteroatoms. The lowest BCUT2D eigenvalue weighted by atomic mass is 9.51. The summed E-state index contributed by atoms with van der Waals surface area (Å²) in [6.45, 7) is 1.61. The molecule has 18 heavy (non-hydrogen) atoms. The Labute approximate surface area is 109 Å². The van der Waals surface area contributed by atoms with Crippen molar-refractivity contribution >= 4 is 0 Å². The van der Waals surface area contributed by atoms with Crippen molar-refractivity contribution in [3.63, 3.8) is 0 Å². The average Bonchev–Trinajstić information content (AvgIpc) is 2.76. The Bertz CT molecular complexity index is 409. The highest BCUT2D eigenvalue weighted by Crippen LogP contribution is 2.59. The minimum atomic E-state index is 0.706. The maximum absolute atomic E-state index is 5.62. The molecule has 0 aliphatic heterocycles. The molecule has 0 aromatic carbocycles. The number of aromatic nitrogens is 2. The van der Waals surface area contributed by atoms with Gasteiger partial charge in [-0.3, -0.25) is 0 Å². The summed E-state index contributed by atoms with van der Waals surface area (Å²) in [5.41, 5.74) is 6.97. The van der Waals surface area contributed by atoms with Crippen LogP contribution in [-0.2, 0) is 6.54 Å². The molecule has 0 radical (unpaired) electrons. The first kappa shape index (κ1) is 11.0. The van der Waals surface area contributed by atoms with Crippen molar-refractivity contribution in [3.8, 4) is 0 Å². The summed E-state index contributed by atoms with van der Waals surface area (Å²) in [5.74, 6) is 4.73. The maximum atomic E-state index is 5.62. The smallest absolute Gasteiger partial charge is 0.0949 e. The number of rotatable bonds is 3. The van der Waals surface area contributed by atoms with Crippen LogP contribution in [0.3, 0.4) is 0 Å². The first-order valence-corrected chi connectivity index (χ1v) is 7.55. The lowest BCUT2D eigenvalue weighted by Crippen LogP contribution is -2.43. The molecule has 0 saturated heterocycles. The van der Waals surface area contributed by atoms with Gasteiger partial charge in [0.1, 0.15) is 0 Å². The molecule has 2 N–H and O–H groups in total. The molecule has 0 unspecified atom stereocenters. The van der Waals surface area contributed by atoms with Gasteiger partial charge in [-0.25, -0.2) is 4.98 Å². The predicted octanol–water partition coefficient (Wildman–Crippen LogP) is 2.38. The van der Waals surface area contributed by atoms with Crippen molar-refractivity contribution in [2.45, 2.75) is 44.6 Å². The molecular formula is C15H23N3. The number of hydrogen-bond acceptors (Lipinski definition) is 2. The molecule has 0 atom stereocenters. The van der Waals surface area contributed by atoms with Crippen molar-refractivity contribution < 1.29 is 0 Å². The van der Waals surface area contributed by atoms with E-state index in [1.165, 1.54) is 37.8 Å². The summed E-state index contributed by atoms with van der Waals surface area (Å²) in [7, 11) is 0. The van der Waals surface area contributed by atoms with E-state index < -0.39 is 0 Å². The molecular weight excluding hydrogens is 222 g/mol. The van der Waals surface area contributed by atoms with Crippen LogP contribution in [0.1, 0.15) is 43.7 Å². The minimum absolute atomic E-state index is 0.706. The van der Waals surface area contributed by atoms with E-state index in [2.05, 4.69) is 15.7 Å². The molecule has 1 aromatic rings. The molecule has 4 bridgehead atoms. The highest BCUT2D eigenvalue weighted by molar-refractivity contribution is 5.15. The molecule has 4 aliphatic rings. The van der Waals surface area contributed by atoms with Gasteiger partial charge in [0.15, 0.2) is 0 Å². The topological polar surface area (TPSA) is 43.8 Å². The van der Waals surface area contributed by atoms with Gasteiger partial charge in [-0.15, -0.1) is 0 Å². The minimum Gasteiger partial charge on any atom is -0.336 e. The number of nitrogens with zero attached hydrogens (tertiary/aromatic N) is 2. The fourth-order valence-corrected chi connectivity index (χ4v) is 5.23. The molecule has 98 valence electrons. The van der Waals surface area contributed by atoms with E-state index in [0.717, 1.165) is 36.1 Å². The van der Waals surface area contributed by atoms with Gasteiger partial charge in [-0.2, -0.15) is 0 Å². The summed E-state index contributed by atoms with van der Waals surface area (Å²) < 4.78 is 2.17. The molecule has 1 aromatic heterocycles. The molecule has 4 aliphatic carbocycles. The number of hydrogen-bond donors (Lipinski definition) is 1. The fourth-order valence-electron chi connectivity index (χ4n) is 5.23. The van der Waals surface area contributed by atoms with Crippen molar-refractivity contribution in [1.82, 2.24) is 9.55 Å². The molecule has 0 amide bonds. The van der Waals surface area contributed by atoms with Crippen molar-refractivity contribution in [1.29, 1.82) is 0 Å². The third-order valence-electron chi connectivity index (χ3n) is 5.61. The third-order valence-corrected chi connectivity index (χ3v) is 5.61. The number of nitrogens with two attached hydrogens (primary N) is 1. The highest BCUT2D eigenvalue weighted by Gasteiger charge is 2.49. The second-order valence-electron chi connectivity index (χ2n) is 6.78. The van der Waals surface area contributed by atoms with Gasteiger partial charge in [0.25, 0.3) is 0 Å². The molecule has 4 saturated carbocycles. The van der Waals surface area contributed by atoms with Crippen LogP contribution < -0.4 is 5.73 Å². The lowest BCUT2D eigenvalue weighted by molar-refractivity contribution is -0.00405. The SMILES string of the molecule is NCCn1cnc(C2C3CC4CC(C3)CC2C4)c1. The van der Waals surface area contributed by atoms with Gasteiger partial charge in [-0.05, 0) is 55.8 Å². The Morgan fingerprint density at radius 2 is 1.78 bits per heavy atom. The largest absolute Gasteiger partial charge is 0.336 e. The van der Waals surface area contributed by atoms with Crippen LogP contribution in [0.5, 0.6) is 0 Å². The van der Waals surface area contributed by atoms with Gasteiger partial charge in [0.05, 0.1) is 12.0 Å². The van der Waals surface area contributed by atoms with Crippen LogP contribution in [-0.4, -0.2) is 16.1 Å². The summed E-state index contributed by atoms with van der Waals surface area (Å²) >= 11 is 0. The Hall–Kier alpha value is -0.830. The summed E-state index contributed by atoms with van der Waals surface area (Å²) in [4.78, 5) is 4.69. The first-order valence-electron chi connectivity index (χ1n) is 7.55. The van der Waals surface area contributed by atoms with Crippen LogP contribution in [0.25, 0.3) is 0 Å². The quantitative estimate of drug-likeness (QED) is 0.888. The molecule has 3 nitrogen and oxygen atoms in total. The fraction of sp³-hybridized carbons (Fsp3) is 0.800. The van der Waals surface area contributed by atoms with E-state index in [0.29, 0.717) is 6.54 Å². The van der Waals surface area contributed by atoms with Crippen LogP contribution in [0, 0.1) is 23.7 Å². The van der Waals surface area contributed by atoms with Crippen LogP contribution in [0.4, 0.5) is 0 Å². The maximum Gasteiger partial charge on any atom is 0.0949 e. The first-order chi connectivity index (χ1) is 8.83. The second kappa shape index (κ2) is 4.09. The van der Waals surface area contributed by atoms with E-state index in [1.807, 2.05) is 6.33 Å². The van der Waals surface area contributed by atoms with Crippen molar-refractivity contribution in [2.75, 3.05) is 6.54 Å². The van der Waals surface area contributed by atoms with Gasteiger partial charge in [0.2, 0.25) is 0 Å². The van der Waals surface area contributed by atoms with E-state index in [1.54, 1.807) is 0 Å². The monoisotopic (exact) mass is 245 g/mol. The average molecular weight is 245 g/mol. The highest BCUT2D eigenvalue weighted by atomic mass is 15.0. The predicted molar refractivity (Wildman–Crippen MR) is 71.1 cm³/mol. The van der Waals surface area contributed by atoms with E-state index in [-0.39, 0.29) is 0 Å². The number of imidazole rings is 1. The normalized spacial score (nSPS) is 41.5. The van der Waals surface area contributed by atoms with Gasteiger partial charge < -0.3 is 10.3 Å². The van der Waals surface area contributed by atoms with Crippen molar-refractivity contribution in [2.24, 2.45) is 29.4 Å².